The van der Waals surface area contributed by atoms with E-state index in [1.54, 1.807) is 7.05 Å². The molecule has 0 heterocycles. The molecule has 0 unspecified atom stereocenters. The van der Waals surface area contributed by atoms with Crippen molar-refractivity contribution < 1.29 is 4.74 Å². The average molecular weight is 275 g/mol. The van der Waals surface area contributed by atoms with Crippen molar-refractivity contribution in [3.05, 3.63) is 48.6 Å². The van der Waals surface area contributed by atoms with Crippen LogP contribution in [0.15, 0.2) is 48.0 Å². The molecule has 0 saturated carbocycles. The first kappa shape index (κ1) is 16.2. The smallest absolute Gasteiger partial charge is 0.191 e. The quantitative estimate of drug-likeness (QED) is 0.315. The number of guanidine groups is 1. The topological polar surface area (TPSA) is 45.7 Å². The van der Waals surface area contributed by atoms with Crippen molar-refractivity contribution in [2.75, 3.05) is 26.7 Å². The largest absolute Gasteiger partial charge is 0.377 e. The predicted octanol–water partition coefficient (Wildman–Crippen LogP) is 2.33. The second kappa shape index (κ2) is 11.1. The van der Waals surface area contributed by atoms with Gasteiger partial charge in [-0.25, -0.2) is 0 Å². The van der Waals surface area contributed by atoms with Gasteiger partial charge in [-0.3, -0.25) is 4.99 Å². The van der Waals surface area contributed by atoms with E-state index in [0.29, 0.717) is 6.61 Å². The predicted molar refractivity (Wildman–Crippen MR) is 84.9 cm³/mol. The molecule has 0 spiro atoms. The van der Waals surface area contributed by atoms with Crippen LogP contribution >= 0.6 is 0 Å². The first-order chi connectivity index (χ1) is 9.86. The summed E-state index contributed by atoms with van der Waals surface area (Å²) in [4.78, 5) is 4.11. The maximum atomic E-state index is 5.63. The van der Waals surface area contributed by atoms with Crippen molar-refractivity contribution in [1.29, 1.82) is 0 Å². The molecule has 0 atom stereocenters. The minimum Gasteiger partial charge on any atom is -0.377 e. The number of aliphatic imine (C=N–C) groups is 1. The molecule has 0 amide bonds. The molecule has 0 aliphatic rings. The summed E-state index contributed by atoms with van der Waals surface area (Å²) >= 11 is 0. The first-order valence-electron chi connectivity index (χ1n) is 7.04. The lowest BCUT2D eigenvalue weighted by molar-refractivity contribution is 0.117. The maximum absolute atomic E-state index is 5.63. The Labute approximate surface area is 121 Å². The molecule has 0 aliphatic heterocycles. The number of benzene rings is 1. The van der Waals surface area contributed by atoms with Gasteiger partial charge in [-0.2, -0.15) is 0 Å². The van der Waals surface area contributed by atoms with Gasteiger partial charge in [-0.1, -0.05) is 36.4 Å². The summed E-state index contributed by atoms with van der Waals surface area (Å²) in [6.07, 6.45) is 3.91. The van der Waals surface area contributed by atoms with Crippen molar-refractivity contribution >= 4 is 5.96 Å². The maximum Gasteiger partial charge on any atom is 0.191 e. The van der Waals surface area contributed by atoms with Gasteiger partial charge in [0, 0.05) is 26.7 Å². The molecule has 1 aromatic carbocycles. The van der Waals surface area contributed by atoms with Crippen LogP contribution in [0, 0.1) is 0 Å². The van der Waals surface area contributed by atoms with Gasteiger partial charge in [0.15, 0.2) is 5.96 Å². The normalized spacial score (nSPS) is 11.2. The van der Waals surface area contributed by atoms with Crippen molar-refractivity contribution in [3.63, 3.8) is 0 Å². The molecule has 1 rings (SSSR count). The van der Waals surface area contributed by atoms with Gasteiger partial charge < -0.3 is 15.4 Å². The Kier molecular flexibility index (Phi) is 8.98. The molecule has 1 aromatic rings. The zero-order chi connectivity index (χ0) is 14.5. The molecule has 0 radical (unpaired) electrons. The Morgan fingerprint density at radius 3 is 2.75 bits per heavy atom. The van der Waals surface area contributed by atoms with Gasteiger partial charge in [0.25, 0.3) is 0 Å². The van der Waals surface area contributed by atoms with Crippen LogP contribution in [0.3, 0.4) is 0 Å². The number of nitrogens with zero attached hydrogens (tertiary/aromatic N) is 1. The summed E-state index contributed by atoms with van der Waals surface area (Å²) in [5, 5.41) is 6.38. The van der Waals surface area contributed by atoms with Crippen molar-refractivity contribution in [1.82, 2.24) is 10.6 Å². The zero-order valence-corrected chi connectivity index (χ0v) is 12.3. The van der Waals surface area contributed by atoms with Gasteiger partial charge in [-0.05, 0) is 18.4 Å². The fourth-order valence-corrected chi connectivity index (χ4v) is 1.69. The summed E-state index contributed by atoms with van der Waals surface area (Å²) in [5.41, 5.74) is 1.22. The Bertz CT molecular complexity index is 390. The third-order valence-corrected chi connectivity index (χ3v) is 2.76. The van der Waals surface area contributed by atoms with Crippen LogP contribution in [-0.4, -0.2) is 32.7 Å². The van der Waals surface area contributed by atoms with E-state index >= 15 is 0 Å². The summed E-state index contributed by atoms with van der Waals surface area (Å²) in [7, 11) is 1.77. The second-order valence-electron chi connectivity index (χ2n) is 4.41. The molecule has 0 bridgehead atoms. The Hall–Kier alpha value is -1.81. The fourth-order valence-electron chi connectivity index (χ4n) is 1.69. The highest BCUT2D eigenvalue weighted by atomic mass is 16.5. The van der Waals surface area contributed by atoms with E-state index in [4.69, 9.17) is 4.74 Å². The Balaban J connectivity index is 1.98. The van der Waals surface area contributed by atoms with E-state index in [0.717, 1.165) is 38.5 Å². The third-order valence-electron chi connectivity index (χ3n) is 2.76. The highest BCUT2D eigenvalue weighted by Gasteiger charge is 1.95. The highest BCUT2D eigenvalue weighted by Crippen LogP contribution is 2.01. The molecule has 0 aromatic heterocycles. The number of hydrogen-bond donors (Lipinski definition) is 2. The number of nitrogens with one attached hydrogen (secondary N) is 2. The first-order valence-corrected chi connectivity index (χ1v) is 7.04. The minimum atomic E-state index is 0.691. The third kappa shape index (κ3) is 7.59. The minimum absolute atomic E-state index is 0.691. The number of hydrogen-bond acceptors (Lipinski definition) is 2. The lowest BCUT2D eigenvalue weighted by Gasteiger charge is -2.10. The van der Waals surface area contributed by atoms with Crippen LogP contribution in [0.1, 0.15) is 18.4 Å². The van der Waals surface area contributed by atoms with E-state index in [1.165, 1.54) is 5.56 Å². The molecule has 4 heteroatoms. The van der Waals surface area contributed by atoms with Crippen molar-refractivity contribution in [3.8, 4) is 0 Å². The fraction of sp³-hybridized carbons (Fsp3) is 0.438. The van der Waals surface area contributed by atoms with Crippen LogP contribution in [-0.2, 0) is 11.3 Å². The van der Waals surface area contributed by atoms with Crippen LogP contribution < -0.4 is 10.6 Å². The van der Waals surface area contributed by atoms with E-state index in [9.17, 15) is 0 Å². The standard InChI is InChI=1S/C16H25N3O/c1-3-11-18-16(17-2)19-12-7-8-13-20-14-15-9-5-4-6-10-15/h3-6,9-10H,1,7-8,11-14H2,2H3,(H2,17,18,19). The molecular weight excluding hydrogens is 250 g/mol. The van der Waals surface area contributed by atoms with Gasteiger partial charge in [0.2, 0.25) is 0 Å². The van der Waals surface area contributed by atoms with Crippen LogP contribution in [0.5, 0.6) is 0 Å². The second-order valence-corrected chi connectivity index (χ2v) is 4.41. The summed E-state index contributed by atoms with van der Waals surface area (Å²) in [5.74, 6) is 0.815. The summed E-state index contributed by atoms with van der Waals surface area (Å²) < 4.78 is 5.63. The van der Waals surface area contributed by atoms with E-state index < -0.39 is 0 Å². The van der Waals surface area contributed by atoms with Gasteiger partial charge in [0.05, 0.1) is 6.61 Å². The van der Waals surface area contributed by atoms with Gasteiger partial charge in [-0.15, -0.1) is 6.58 Å². The average Bonchev–Trinajstić information content (AvgIpc) is 2.50. The molecule has 4 nitrogen and oxygen atoms in total. The summed E-state index contributed by atoms with van der Waals surface area (Å²) in [6, 6.07) is 10.2. The van der Waals surface area contributed by atoms with Crippen molar-refractivity contribution in [2.24, 2.45) is 4.99 Å². The molecule has 20 heavy (non-hydrogen) atoms. The zero-order valence-electron chi connectivity index (χ0n) is 12.3. The van der Waals surface area contributed by atoms with Crippen LogP contribution in [0.25, 0.3) is 0 Å². The monoisotopic (exact) mass is 275 g/mol. The molecule has 0 aliphatic carbocycles. The Morgan fingerprint density at radius 2 is 2.05 bits per heavy atom. The van der Waals surface area contributed by atoms with E-state index in [-0.39, 0.29) is 0 Å². The molecule has 0 fully saturated rings. The van der Waals surface area contributed by atoms with Crippen molar-refractivity contribution in [2.45, 2.75) is 19.4 Å². The summed E-state index contributed by atoms with van der Waals surface area (Å²) in [6.45, 7) is 6.75. The number of ether oxygens (including phenoxy) is 1. The van der Waals surface area contributed by atoms with Gasteiger partial charge >= 0.3 is 0 Å². The van der Waals surface area contributed by atoms with Crippen LogP contribution in [0.2, 0.25) is 0 Å². The highest BCUT2D eigenvalue weighted by molar-refractivity contribution is 5.79. The molecule has 2 N–H and O–H groups in total. The number of unbranched alkanes of at least 4 members (excludes halogenated alkanes) is 1. The van der Waals surface area contributed by atoms with E-state index in [1.807, 2.05) is 24.3 Å². The molecule has 0 saturated heterocycles. The molecule has 110 valence electrons. The lowest BCUT2D eigenvalue weighted by atomic mass is 10.2. The van der Waals surface area contributed by atoms with Gasteiger partial charge in [0.1, 0.15) is 0 Å². The van der Waals surface area contributed by atoms with Crippen LogP contribution in [0.4, 0.5) is 0 Å². The van der Waals surface area contributed by atoms with E-state index in [2.05, 4.69) is 34.3 Å². The number of rotatable bonds is 9. The SMILES string of the molecule is C=CCNC(=NC)NCCCCOCc1ccccc1. The Morgan fingerprint density at radius 1 is 1.25 bits per heavy atom. The lowest BCUT2D eigenvalue weighted by Crippen LogP contribution is -2.37. The molecular formula is C16H25N3O.